The number of anilines is 1. The molecule has 1 aromatic carbocycles. The highest BCUT2D eigenvalue weighted by atomic mass is 32.2. The second-order valence-corrected chi connectivity index (χ2v) is 13.9. The lowest BCUT2D eigenvalue weighted by Gasteiger charge is -2.25. The summed E-state index contributed by atoms with van der Waals surface area (Å²) in [5.74, 6) is -0.300. The van der Waals surface area contributed by atoms with Crippen LogP contribution in [0.25, 0.3) is 12.2 Å². The number of nitrogens with zero attached hydrogens (tertiary/aromatic N) is 2. The van der Waals surface area contributed by atoms with Gasteiger partial charge in [0.2, 0.25) is 0 Å². The van der Waals surface area contributed by atoms with E-state index >= 15 is 0 Å². The number of hydrogen-bond acceptors (Lipinski definition) is 6. The Balaban J connectivity index is 1.82. The largest absolute Gasteiger partial charge is 0.748 e. The zero-order valence-corrected chi connectivity index (χ0v) is 28.5. The molecule has 0 bridgehead atoms. The van der Waals surface area contributed by atoms with E-state index in [1.54, 1.807) is 0 Å². The molecule has 2 rings (SSSR count). The van der Waals surface area contributed by atoms with Crippen LogP contribution >= 0.6 is 0 Å². The normalized spacial score (nSPS) is 11.9. The van der Waals surface area contributed by atoms with E-state index in [2.05, 4.69) is 41.3 Å². The molecule has 0 saturated carbocycles. The van der Waals surface area contributed by atoms with Gasteiger partial charge in [-0.15, -0.1) is 0 Å². The summed E-state index contributed by atoms with van der Waals surface area (Å²) < 4.78 is 34.3. The van der Waals surface area contributed by atoms with Crippen LogP contribution in [0.4, 0.5) is 5.69 Å². The molecule has 1 aromatic heterocycles. The van der Waals surface area contributed by atoms with Crippen molar-refractivity contribution in [1.29, 1.82) is 0 Å². The highest BCUT2D eigenvalue weighted by molar-refractivity contribution is 7.85. The number of hydrogen-bond donors (Lipinski definition) is 2. The molecule has 0 aliphatic rings. The van der Waals surface area contributed by atoms with Gasteiger partial charge in [-0.05, 0) is 55.4 Å². The number of benzene rings is 1. The van der Waals surface area contributed by atoms with Gasteiger partial charge in [0.25, 0.3) is 0 Å². The van der Waals surface area contributed by atoms with E-state index in [1.165, 1.54) is 82.7 Å². The summed E-state index contributed by atoms with van der Waals surface area (Å²) in [6.07, 6.45) is 28.6. The zero-order valence-electron chi connectivity index (χ0n) is 27.7. The number of aromatic nitrogens is 1. The van der Waals surface area contributed by atoms with Gasteiger partial charge in [0.05, 0.1) is 10.1 Å². The van der Waals surface area contributed by atoms with Crippen LogP contribution in [0.2, 0.25) is 0 Å². The summed E-state index contributed by atoms with van der Waals surface area (Å²) in [5.41, 5.74) is 3.56. The number of unbranched alkanes of at least 4 members (excludes halogenated alkanes) is 15. The fourth-order valence-corrected chi connectivity index (χ4v) is 6.17. The van der Waals surface area contributed by atoms with E-state index in [4.69, 9.17) is 10.2 Å². The van der Waals surface area contributed by atoms with Crippen LogP contribution < -0.4 is 9.47 Å². The van der Waals surface area contributed by atoms with Gasteiger partial charge in [-0.1, -0.05) is 101 Å². The van der Waals surface area contributed by atoms with Crippen molar-refractivity contribution in [3.63, 3.8) is 0 Å². The molecule has 0 aliphatic carbocycles. The van der Waals surface area contributed by atoms with Crippen LogP contribution in [0.5, 0.6) is 0 Å². The number of aliphatic hydroxyl groups excluding tert-OH is 2. The molecule has 0 radical (unpaired) electrons. The molecular weight excluding hydrogens is 584 g/mol. The van der Waals surface area contributed by atoms with Gasteiger partial charge in [-0.25, -0.2) is 13.0 Å². The molecule has 0 fully saturated rings. The Morgan fingerprint density at radius 3 is 1.44 bits per heavy atom. The SMILES string of the molecule is O=S(=O)([O-])CCCC[n+]1ccc(/C=C/c2ccc(N(CCCCCCCCCCO)CCCCCCCCCCO)cc2)cc1. The van der Waals surface area contributed by atoms with E-state index in [0.717, 1.165) is 49.9 Å². The van der Waals surface area contributed by atoms with Gasteiger partial charge in [0, 0.05) is 56.3 Å². The zero-order chi connectivity index (χ0) is 32.4. The minimum Gasteiger partial charge on any atom is -0.748 e. The third-order valence-corrected chi connectivity index (χ3v) is 9.17. The standard InChI is InChI=1S/C37H60N2O5S/c40-32-16-11-7-3-1-5-9-13-28-39(29-14-10-6-2-4-8-12-17-33-41)37-23-21-35(22-24-37)19-20-36-25-30-38(31-26-36)27-15-18-34-45(42,43)44/h19-26,30-31,40-41H,1-18,27-29,32-34H2. The minimum atomic E-state index is -4.13. The number of rotatable bonds is 28. The van der Waals surface area contributed by atoms with Crippen molar-refractivity contribution in [2.45, 2.75) is 122 Å². The van der Waals surface area contributed by atoms with Crippen LogP contribution in [0, 0.1) is 0 Å². The van der Waals surface area contributed by atoms with Gasteiger partial charge >= 0.3 is 0 Å². The topological polar surface area (TPSA) is 105 Å². The summed E-state index contributed by atoms with van der Waals surface area (Å²) in [4.78, 5) is 2.57. The summed E-state index contributed by atoms with van der Waals surface area (Å²) in [6, 6.07) is 13.0. The fourth-order valence-electron chi connectivity index (χ4n) is 5.61. The monoisotopic (exact) mass is 644 g/mol. The molecule has 0 saturated heterocycles. The molecule has 0 spiro atoms. The summed E-state index contributed by atoms with van der Waals surface area (Å²) in [5, 5.41) is 17.9. The molecular formula is C37H60N2O5S. The van der Waals surface area contributed by atoms with Gasteiger partial charge in [-0.2, -0.15) is 0 Å². The Hall–Kier alpha value is -2.26. The second kappa shape index (κ2) is 24.9. The van der Waals surface area contributed by atoms with E-state index in [9.17, 15) is 13.0 Å². The Labute approximate surface area is 274 Å². The quantitative estimate of drug-likeness (QED) is 0.0565. The van der Waals surface area contributed by atoms with Crippen molar-refractivity contribution in [1.82, 2.24) is 0 Å². The van der Waals surface area contributed by atoms with Crippen LogP contribution in [0.1, 0.15) is 127 Å². The Kier molecular flexibility index (Phi) is 21.5. The maximum atomic E-state index is 10.8. The Morgan fingerprint density at radius 1 is 0.578 bits per heavy atom. The predicted molar refractivity (Wildman–Crippen MR) is 186 cm³/mol. The first kappa shape index (κ1) is 38.9. The first-order valence-electron chi connectivity index (χ1n) is 17.6. The molecule has 2 aromatic rings. The van der Waals surface area contributed by atoms with Crippen LogP contribution in [0.15, 0.2) is 48.8 Å². The van der Waals surface area contributed by atoms with E-state index < -0.39 is 10.1 Å². The molecule has 0 atom stereocenters. The van der Waals surface area contributed by atoms with E-state index in [-0.39, 0.29) is 5.75 Å². The summed E-state index contributed by atoms with van der Waals surface area (Å²) in [6.45, 7) is 3.51. The molecule has 45 heavy (non-hydrogen) atoms. The smallest absolute Gasteiger partial charge is 0.169 e. The highest BCUT2D eigenvalue weighted by Crippen LogP contribution is 2.20. The summed E-state index contributed by atoms with van der Waals surface area (Å²) in [7, 11) is -4.13. The van der Waals surface area contributed by atoms with Crippen molar-refractivity contribution in [2.24, 2.45) is 0 Å². The van der Waals surface area contributed by atoms with Gasteiger partial charge in [0.15, 0.2) is 12.4 Å². The van der Waals surface area contributed by atoms with Gasteiger partial charge in [0.1, 0.15) is 6.54 Å². The Bertz CT molecular complexity index is 1100. The average Bonchev–Trinajstić information content (AvgIpc) is 3.03. The van der Waals surface area contributed by atoms with Crippen molar-refractivity contribution < 1.29 is 27.8 Å². The summed E-state index contributed by atoms with van der Waals surface area (Å²) >= 11 is 0. The minimum absolute atomic E-state index is 0.300. The molecule has 0 amide bonds. The highest BCUT2D eigenvalue weighted by Gasteiger charge is 2.07. The van der Waals surface area contributed by atoms with E-state index in [0.29, 0.717) is 32.6 Å². The lowest BCUT2D eigenvalue weighted by Crippen LogP contribution is -2.32. The molecule has 8 heteroatoms. The van der Waals surface area contributed by atoms with Crippen LogP contribution in [-0.2, 0) is 16.7 Å². The number of aryl methyl sites for hydroxylation is 1. The van der Waals surface area contributed by atoms with Crippen molar-refractivity contribution in [3.05, 3.63) is 59.9 Å². The molecule has 7 nitrogen and oxygen atoms in total. The molecule has 254 valence electrons. The third-order valence-electron chi connectivity index (χ3n) is 8.38. The van der Waals surface area contributed by atoms with Crippen molar-refractivity contribution in [3.8, 4) is 0 Å². The molecule has 2 N–H and O–H groups in total. The fraction of sp³-hybridized carbons (Fsp3) is 0.649. The maximum absolute atomic E-state index is 10.8. The van der Waals surface area contributed by atoms with Gasteiger partial charge in [-0.3, -0.25) is 0 Å². The predicted octanol–water partition coefficient (Wildman–Crippen LogP) is 7.50. The second-order valence-electron chi connectivity index (χ2n) is 12.4. The van der Waals surface area contributed by atoms with Crippen LogP contribution in [-0.4, -0.2) is 55.2 Å². The first-order chi connectivity index (χ1) is 21.9. The first-order valence-corrected chi connectivity index (χ1v) is 19.2. The van der Waals surface area contributed by atoms with Crippen LogP contribution in [0.3, 0.4) is 0 Å². The van der Waals surface area contributed by atoms with Crippen molar-refractivity contribution in [2.75, 3.05) is 37.0 Å². The lowest BCUT2D eigenvalue weighted by atomic mass is 10.1. The molecule has 1 heterocycles. The third kappa shape index (κ3) is 20.5. The molecule has 0 aliphatic heterocycles. The average molecular weight is 645 g/mol. The van der Waals surface area contributed by atoms with Crippen molar-refractivity contribution >= 4 is 28.0 Å². The van der Waals surface area contributed by atoms with Gasteiger partial charge < -0.3 is 19.7 Å². The number of pyridine rings is 1. The Morgan fingerprint density at radius 2 is 1.00 bits per heavy atom. The maximum Gasteiger partial charge on any atom is 0.169 e. The number of aliphatic hydroxyl groups is 2. The molecule has 0 unspecified atom stereocenters. The lowest BCUT2D eigenvalue weighted by molar-refractivity contribution is -0.697. The van der Waals surface area contributed by atoms with E-state index in [1.807, 2.05) is 29.1 Å².